The number of aryl methyl sites for hydroxylation is 1. The van der Waals surface area contributed by atoms with Crippen molar-refractivity contribution in [1.82, 2.24) is 15.8 Å². The molecule has 2 N–H and O–H groups in total. The fraction of sp³-hybridized carbons (Fsp3) is 0.273. The number of carbonyl (C=O) groups excluding carboxylic acids is 2. The molecule has 0 saturated heterocycles. The molecule has 0 atom stereocenters. The van der Waals surface area contributed by atoms with Crippen molar-refractivity contribution in [3.05, 3.63) is 76.3 Å². The molecule has 146 valence electrons. The van der Waals surface area contributed by atoms with Crippen LogP contribution >= 0.6 is 11.6 Å². The van der Waals surface area contributed by atoms with Gasteiger partial charge in [-0.3, -0.25) is 20.0 Å². The molecule has 28 heavy (non-hydrogen) atoms. The molecule has 1 heterocycles. The van der Waals surface area contributed by atoms with Gasteiger partial charge in [-0.1, -0.05) is 61.0 Å². The van der Waals surface area contributed by atoms with E-state index in [9.17, 15) is 9.59 Å². The van der Waals surface area contributed by atoms with Crippen molar-refractivity contribution in [3.63, 3.8) is 0 Å². The van der Waals surface area contributed by atoms with Gasteiger partial charge < -0.3 is 5.32 Å². The van der Waals surface area contributed by atoms with Crippen LogP contribution < -0.4 is 10.7 Å². The lowest BCUT2D eigenvalue weighted by atomic mass is 10.1. The van der Waals surface area contributed by atoms with Gasteiger partial charge >= 0.3 is 0 Å². The lowest BCUT2D eigenvalue weighted by Gasteiger charge is -2.29. The normalized spacial score (nSPS) is 13.7. The Morgan fingerprint density at radius 1 is 1.18 bits per heavy atom. The summed E-state index contributed by atoms with van der Waals surface area (Å²) in [6, 6.07) is 15.7. The van der Waals surface area contributed by atoms with Gasteiger partial charge in [0.1, 0.15) is 0 Å². The second-order valence-corrected chi connectivity index (χ2v) is 7.05. The number of amides is 2. The van der Waals surface area contributed by atoms with Crippen molar-refractivity contribution in [2.75, 3.05) is 6.54 Å². The minimum atomic E-state index is -0.127. The van der Waals surface area contributed by atoms with Crippen LogP contribution in [-0.2, 0) is 22.6 Å². The molecule has 1 aliphatic heterocycles. The molecule has 0 unspecified atom stereocenters. The summed E-state index contributed by atoms with van der Waals surface area (Å²) in [6.07, 6.45) is 3.41. The molecule has 1 aliphatic rings. The Hall–Kier alpha value is -2.79. The van der Waals surface area contributed by atoms with Gasteiger partial charge in [0.15, 0.2) is 0 Å². The number of carbonyl (C=O) groups is 2. The van der Waals surface area contributed by atoms with Crippen LogP contribution in [0.2, 0.25) is 5.02 Å². The number of hydrogen-bond acceptors (Lipinski definition) is 3. The average Bonchev–Trinajstić information content (AvgIpc) is 2.72. The van der Waals surface area contributed by atoms with E-state index in [0.717, 1.165) is 23.2 Å². The molecule has 2 aromatic rings. The Kier molecular flexibility index (Phi) is 6.71. The Bertz CT molecular complexity index is 878. The number of hydrazine groups is 1. The van der Waals surface area contributed by atoms with E-state index in [1.165, 1.54) is 10.6 Å². The van der Waals surface area contributed by atoms with E-state index in [4.69, 9.17) is 11.6 Å². The van der Waals surface area contributed by atoms with Gasteiger partial charge in [0.05, 0.1) is 12.2 Å². The monoisotopic (exact) mass is 397 g/mol. The lowest BCUT2D eigenvalue weighted by molar-refractivity contribution is -0.133. The molecular formula is C22H24ClN3O2. The van der Waals surface area contributed by atoms with Gasteiger partial charge in [-0.25, -0.2) is 0 Å². The highest BCUT2D eigenvalue weighted by Crippen LogP contribution is 2.18. The fourth-order valence-corrected chi connectivity index (χ4v) is 3.18. The van der Waals surface area contributed by atoms with E-state index in [-0.39, 0.29) is 18.2 Å². The fourth-order valence-electron chi connectivity index (χ4n) is 2.97. The van der Waals surface area contributed by atoms with Crippen molar-refractivity contribution in [2.24, 2.45) is 0 Å². The molecule has 2 aromatic carbocycles. The number of nitrogens with one attached hydrogen (secondary N) is 2. The van der Waals surface area contributed by atoms with E-state index < -0.39 is 0 Å². The third-order valence-corrected chi connectivity index (χ3v) is 5.08. The Morgan fingerprint density at radius 2 is 1.93 bits per heavy atom. The van der Waals surface area contributed by atoms with Crippen LogP contribution in [0.15, 0.2) is 54.6 Å². The SMILES string of the molecule is CCc1ccc(C2=CCC(=O)N(CCC(=O)NCc3ccccc3Cl)N2)cc1. The standard InChI is InChI=1S/C22H24ClN3O2/c1-2-16-7-9-17(10-8-16)20-11-12-22(28)26(25-20)14-13-21(27)24-15-18-5-3-4-6-19(18)23/h3-11,25H,2,12-15H2,1H3,(H,24,27). The zero-order valence-electron chi connectivity index (χ0n) is 15.9. The van der Waals surface area contributed by atoms with Crippen LogP contribution in [0.25, 0.3) is 5.70 Å². The van der Waals surface area contributed by atoms with Crippen LogP contribution in [0.4, 0.5) is 0 Å². The molecule has 0 aromatic heterocycles. The minimum Gasteiger partial charge on any atom is -0.352 e. The Labute approximate surface area is 170 Å². The van der Waals surface area contributed by atoms with Crippen LogP contribution in [0.5, 0.6) is 0 Å². The Morgan fingerprint density at radius 3 is 2.64 bits per heavy atom. The topological polar surface area (TPSA) is 61.4 Å². The minimum absolute atomic E-state index is 0.0483. The van der Waals surface area contributed by atoms with E-state index >= 15 is 0 Å². The zero-order chi connectivity index (χ0) is 19.9. The predicted octanol–water partition coefficient (Wildman–Crippen LogP) is 3.69. The van der Waals surface area contributed by atoms with Crippen molar-refractivity contribution in [1.29, 1.82) is 0 Å². The summed E-state index contributed by atoms with van der Waals surface area (Å²) < 4.78 is 0. The first-order valence-electron chi connectivity index (χ1n) is 9.43. The van der Waals surface area contributed by atoms with Gasteiger partial charge in [-0.05, 0) is 35.3 Å². The summed E-state index contributed by atoms with van der Waals surface area (Å²) in [4.78, 5) is 24.3. The molecule has 0 fully saturated rings. The molecule has 0 bridgehead atoms. The highest BCUT2D eigenvalue weighted by Gasteiger charge is 2.20. The molecule has 0 aliphatic carbocycles. The summed E-state index contributed by atoms with van der Waals surface area (Å²) in [5.74, 6) is -0.175. The van der Waals surface area contributed by atoms with Crippen molar-refractivity contribution in [2.45, 2.75) is 32.7 Å². The molecule has 0 spiro atoms. The number of benzene rings is 2. The number of nitrogens with zero attached hydrogens (tertiary/aromatic N) is 1. The van der Waals surface area contributed by atoms with Crippen molar-refractivity contribution in [3.8, 4) is 0 Å². The van der Waals surface area contributed by atoms with Gasteiger partial charge in [0.25, 0.3) is 0 Å². The first-order valence-corrected chi connectivity index (χ1v) is 9.81. The molecule has 5 nitrogen and oxygen atoms in total. The van der Waals surface area contributed by atoms with Gasteiger partial charge in [-0.2, -0.15) is 0 Å². The van der Waals surface area contributed by atoms with Crippen LogP contribution in [0.1, 0.15) is 36.5 Å². The van der Waals surface area contributed by atoms with E-state index in [2.05, 4.69) is 29.8 Å². The first kappa shape index (κ1) is 20.0. The summed E-state index contributed by atoms with van der Waals surface area (Å²) >= 11 is 6.10. The predicted molar refractivity (Wildman–Crippen MR) is 111 cm³/mol. The largest absolute Gasteiger partial charge is 0.352 e. The van der Waals surface area contributed by atoms with Crippen LogP contribution in [0, 0.1) is 0 Å². The van der Waals surface area contributed by atoms with Crippen LogP contribution in [-0.4, -0.2) is 23.4 Å². The smallest absolute Gasteiger partial charge is 0.244 e. The number of halogens is 1. The third-order valence-electron chi connectivity index (χ3n) is 4.71. The van der Waals surface area contributed by atoms with Gasteiger partial charge in [-0.15, -0.1) is 0 Å². The quantitative estimate of drug-likeness (QED) is 0.749. The van der Waals surface area contributed by atoms with E-state index in [1.807, 2.05) is 36.4 Å². The zero-order valence-corrected chi connectivity index (χ0v) is 16.6. The maximum atomic E-state index is 12.2. The van der Waals surface area contributed by atoms with Gasteiger partial charge in [0, 0.05) is 24.4 Å². The second kappa shape index (κ2) is 9.42. The number of hydrogen-bond donors (Lipinski definition) is 2. The van der Waals surface area contributed by atoms with Crippen molar-refractivity contribution >= 4 is 29.1 Å². The first-order chi connectivity index (χ1) is 13.6. The highest BCUT2D eigenvalue weighted by atomic mass is 35.5. The van der Waals surface area contributed by atoms with Gasteiger partial charge in [0.2, 0.25) is 11.8 Å². The van der Waals surface area contributed by atoms with E-state index in [0.29, 0.717) is 24.5 Å². The lowest BCUT2D eigenvalue weighted by Crippen LogP contribution is -2.45. The summed E-state index contributed by atoms with van der Waals surface area (Å²) in [5.41, 5.74) is 7.19. The second-order valence-electron chi connectivity index (χ2n) is 6.65. The third kappa shape index (κ3) is 5.14. The van der Waals surface area contributed by atoms with E-state index in [1.54, 1.807) is 6.07 Å². The Balaban J connectivity index is 1.52. The maximum absolute atomic E-state index is 12.2. The molecule has 2 amide bonds. The van der Waals surface area contributed by atoms with Crippen LogP contribution in [0.3, 0.4) is 0 Å². The highest BCUT2D eigenvalue weighted by molar-refractivity contribution is 6.31. The molecule has 3 rings (SSSR count). The summed E-state index contributed by atoms with van der Waals surface area (Å²) in [5, 5.41) is 4.98. The molecular weight excluding hydrogens is 374 g/mol. The molecule has 0 saturated carbocycles. The maximum Gasteiger partial charge on any atom is 0.244 e. The molecule has 0 radical (unpaired) electrons. The number of rotatable bonds is 7. The average molecular weight is 398 g/mol. The summed E-state index contributed by atoms with van der Waals surface area (Å²) in [6.45, 7) is 2.79. The van der Waals surface area contributed by atoms with Crippen molar-refractivity contribution < 1.29 is 9.59 Å². The molecule has 6 heteroatoms. The summed E-state index contributed by atoms with van der Waals surface area (Å²) in [7, 11) is 0.